The molecule has 2 rings (SSSR count). The number of para-hydroxylation sites is 1. The van der Waals surface area contributed by atoms with Gasteiger partial charge in [0.1, 0.15) is 0 Å². The summed E-state index contributed by atoms with van der Waals surface area (Å²) in [5.74, 6) is 2.09. The highest BCUT2D eigenvalue weighted by atomic mass is 127. The van der Waals surface area contributed by atoms with Crippen LogP contribution < -0.4 is 10.6 Å². The molecular weight excluding hydrogens is 439 g/mol. The van der Waals surface area contributed by atoms with Crippen LogP contribution in [-0.2, 0) is 4.74 Å². The number of hydrogen-bond acceptors (Lipinski definition) is 3. The smallest absolute Gasteiger partial charge is 0.193 e. The zero-order valence-electron chi connectivity index (χ0n) is 16.6. The number of nitrogens with zero attached hydrogens (tertiary/aromatic N) is 2. The fourth-order valence-electron chi connectivity index (χ4n) is 3.03. The van der Waals surface area contributed by atoms with Crippen molar-refractivity contribution >= 4 is 35.6 Å². The first-order valence-electron chi connectivity index (χ1n) is 9.49. The highest BCUT2D eigenvalue weighted by Crippen LogP contribution is 2.14. The second-order valence-electron chi connectivity index (χ2n) is 7.17. The molecule has 1 fully saturated rings. The van der Waals surface area contributed by atoms with E-state index in [0.29, 0.717) is 17.9 Å². The standard InChI is InChI=1S/C20H34N4O.HI/c1-5-21-20(24(4)14-17-11-12-25-15-17)22-13-19(16(2)3)23-18-9-7-6-8-10-18;/h6-10,16-17,19,23H,5,11-15H2,1-4H3,(H,21,22);1H. The van der Waals surface area contributed by atoms with Crippen LogP contribution in [0.25, 0.3) is 0 Å². The maximum Gasteiger partial charge on any atom is 0.193 e. The predicted molar refractivity (Wildman–Crippen MR) is 122 cm³/mol. The molecule has 0 spiro atoms. The Morgan fingerprint density at radius 2 is 2.04 bits per heavy atom. The molecule has 0 amide bonds. The predicted octanol–water partition coefficient (Wildman–Crippen LogP) is 3.67. The summed E-state index contributed by atoms with van der Waals surface area (Å²) < 4.78 is 5.50. The Balaban J connectivity index is 0.00000338. The minimum Gasteiger partial charge on any atom is -0.381 e. The van der Waals surface area contributed by atoms with Gasteiger partial charge < -0.3 is 20.3 Å². The van der Waals surface area contributed by atoms with E-state index in [2.05, 4.69) is 67.6 Å². The van der Waals surface area contributed by atoms with Gasteiger partial charge in [-0.2, -0.15) is 0 Å². The minimum absolute atomic E-state index is 0. The molecule has 0 aromatic heterocycles. The van der Waals surface area contributed by atoms with Gasteiger partial charge in [0.25, 0.3) is 0 Å². The second kappa shape index (κ2) is 12.4. The topological polar surface area (TPSA) is 48.9 Å². The molecule has 1 heterocycles. The van der Waals surface area contributed by atoms with Gasteiger partial charge in [-0.05, 0) is 31.4 Å². The van der Waals surface area contributed by atoms with Gasteiger partial charge in [-0.1, -0.05) is 32.0 Å². The van der Waals surface area contributed by atoms with E-state index in [1.54, 1.807) is 0 Å². The summed E-state index contributed by atoms with van der Waals surface area (Å²) in [5.41, 5.74) is 1.15. The molecule has 0 radical (unpaired) electrons. The third kappa shape index (κ3) is 7.70. The minimum atomic E-state index is 0. The summed E-state index contributed by atoms with van der Waals surface area (Å²) >= 11 is 0. The molecule has 26 heavy (non-hydrogen) atoms. The van der Waals surface area contributed by atoms with Gasteiger partial charge in [-0.15, -0.1) is 24.0 Å². The van der Waals surface area contributed by atoms with Gasteiger partial charge in [0, 0.05) is 44.4 Å². The van der Waals surface area contributed by atoms with Crippen molar-refractivity contribution in [2.45, 2.75) is 33.2 Å². The van der Waals surface area contributed by atoms with E-state index in [1.165, 1.54) is 0 Å². The molecule has 0 bridgehead atoms. The van der Waals surface area contributed by atoms with Crippen molar-refractivity contribution in [1.82, 2.24) is 10.2 Å². The number of guanidine groups is 1. The highest BCUT2D eigenvalue weighted by Gasteiger charge is 2.20. The van der Waals surface area contributed by atoms with Crippen LogP contribution in [0.15, 0.2) is 35.3 Å². The van der Waals surface area contributed by atoms with E-state index in [9.17, 15) is 0 Å². The number of halogens is 1. The summed E-state index contributed by atoms with van der Waals surface area (Å²) in [7, 11) is 2.12. The summed E-state index contributed by atoms with van der Waals surface area (Å²) in [6, 6.07) is 10.7. The molecule has 1 aliphatic rings. The number of aliphatic imine (C=N–C) groups is 1. The lowest BCUT2D eigenvalue weighted by Crippen LogP contribution is -2.42. The molecule has 0 saturated carbocycles. The molecule has 1 aromatic rings. The molecule has 2 unspecified atom stereocenters. The quantitative estimate of drug-likeness (QED) is 0.343. The van der Waals surface area contributed by atoms with Crippen molar-refractivity contribution in [1.29, 1.82) is 0 Å². The summed E-state index contributed by atoms with van der Waals surface area (Å²) in [5, 5.41) is 7.04. The zero-order valence-corrected chi connectivity index (χ0v) is 18.9. The highest BCUT2D eigenvalue weighted by molar-refractivity contribution is 14.0. The van der Waals surface area contributed by atoms with Gasteiger partial charge in [-0.25, -0.2) is 0 Å². The van der Waals surface area contributed by atoms with Crippen LogP contribution in [0.5, 0.6) is 0 Å². The third-order valence-electron chi connectivity index (χ3n) is 4.62. The van der Waals surface area contributed by atoms with Gasteiger partial charge in [0.05, 0.1) is 13.2 Å². The van der Waals surface area contributed by atoms with E-state index >= 15 is 0 Å². The average molecular weight is 474 g/mol. The van der Waals surface area contributed by atoms with Crippen molar-refractivity contribution < 1.29 is 4.74 Å². The van der Waals surface area contributed by atoms with E-state index < -0.39 is 0 Å². The molecule has 5 nitrogen and oxygen atoms in total. The number of rotatable bonds is 8. The number of anilines is 1. The Morgan fingerprint density at radius 1 is 1.31 bits per heavy atom. The van der Waals surface area contributed by atoms with Crippen molar-refractivity contribution in [2.75, 3.05) is 45.2 Å². The van der Waals surface area contributed by atoms with Crippen LogP contribution in [0, 0.1) is 11.8 Å². The van der Waals surface area contributed by atoms with Crippen molar-refractivity contribution in [3.63, 3.8) is 0 Å². The maximum atomic E-state index is 5.50. The molecule has 1 saturated heterocycles. The lowest BCUT2D eigenvalue weighted by Gasteiger charge is -2.26. The molecule has 1 aliphatic heterocycles. The number of hydrogen-bond donors (Lipinski definition) is 2. The average Bonchev–Trinajstić information content (AvgIpc) is 3.11. The maximum absolute atomic E-state index is 5.50. The lowest BCUT2D eigenvalue weighted by molar-refractivity contribution is 0.181. The van der Waals surface area contributed by atoms with Crippen LogP contribution in [0.4, 0.5) is 5.69 Å². The number of nitrogens with one attached hydrogen (secondary N) is 2. The van der Waals surface area contributed by atoms with Gasteiger partial charge in [0.15, 0.2) is 5.96 Å². The van der Waals surface area contributed by atoms with Crippen LogP contribution in [0.2, 0.25) is 0 Å². The van der Waals surface area contributed by atoms with E-state index in [1.807, 2.05) is 6.07 Å². The summed E-state index contributed by atoms with van der Waals surface area (Å²) in [4.78, 5) is 7.14. The van der Waals surface area contributed by atoms with Gasteiger partial charge in [-0.3, -0.25) is 4.99 Å². The molecule has 6 heteroatoms. The fraction of sp³-hybridized carbons (Fsp3) is 0.650. The second-order valence-corrected chi connectivity index (χ2v) is 7.17. The van der Waals surface area contributed by atoms with Crippen molar-refractivity contribution in [3.8, 4) is 0 Å². The molecule has 148 valence electrons. The van der Waals surface area contributed by atoms with E-state index in [4.69, 9.17) is 9.73 Å². The van der Waals surface area contributed by atoms with Crippen molar-refractivity contribution in [2.24, 2.45) is 16.8 Å². The Kier molecular flexibility index (Phi) is 11.0. The Labute approximate surface area is 176 Å². The van der Waals surface area contributed by atoms with Crippen LogP contribution in [-0.4, -0.2) is 56.8 Å². The van der Waals surface area contributed by atoms with Gasteiger partial charge in [0.2, 0.25) is 0 Å². The number of ether oxygens (including phenoxy) is 1. The van der Waals surface area contributed by atoms with Crippen molar-refractivity contribution in [3.05, 3.63) is 30.3 Å². The monoisotopic (exact) mass is 474 g/mol. The van der Waals surface area contributed by atoms with Gasteiger partial charge >= 0.3 is 0 Å². The normalized spacial score (nSPS) is 18.3. The first-order valence-corrected chi connectivity index (χ1v) is 9.49. The van der Waals surface area contributed by atoms with E-state index in [-0.39, 0.29) is 24.0 Å². The summed E-state index contributed by atoms with van der Waals surface area (Å²) in [6.07, 6.45) is 1.15. The Bertz CT molecular complexity index is 518. The molecule has 2 N–H and O–H groups in total. The Hall–Kier alpha value is -1.02. The molecule has 0 aliphatic carbocycles. The fourth-order valence-corrected chi connectivity index (χ4v) is 3.03. The van der Waals surface area contributed by atoms with Crippen LogP contribution in [0.1, 0.15) is 27.2 Å². The van der Waals surface area contributed by atoms with E-state index in [0.717, 1.165) is 50.9 Å². The molecular formula is C20H35IN4O. The lowest BCUT2D eigenvalue weighted by atomic mass is 10.0. The Morgan fingerprint density at radius 3 is 2.62 bits per heavy atom. The first-order chi connectivity index (χ1) is 12.1. The SMILES string of the molecule is CCNC(=NCC(Nc1ccccc1)C(C)C)N(C)CC1CCOC1.I. The third-order valence-corrected chi connectivity index (χ3v) is 4.62. The largest absolute Gasteiger partial charge is 0.381 e. The first kappa shape index (κ1) is 23.0. The zero-order chi connectivity index (χ0) is 18.1. The summed E-state index contributed by atoms with van der Waals surface area (Å²) in [6.45, 7) is 11.0. The van der Waals surface area contributed by atoms with Crippen LogP contribution >= 0.6 is 24.0 Å². The molecule has 2 atom stereocenters. The number of benzene rings is 1. The van der Waals surface area contributed by atoms with Crippen LogP contribution in [0.3, 0.4) is 0 Å². The molecule has 1 aromatic carbocycles.